The molecule has 0 heterocycles. The van der Waals surface area contributed by atoms with E-state index < -0.39 is 17.8 Å². The number of nitrogens with two attached hydrogens (primary N) is 1. The summed E-state index contributed by atoms with van der Waals surface area (Å²) >= 11 is 0. The first-order valence-corrected chi connectivity index (χ1v) is 3.33. The first-order chi connectivity index (χ1) is 5.61. The van der Waals surface area contributed by atoms with Gasteiger partial charge in [0.2, 0.25) is 0 Å². The number of hydrogen-bond donors (Lipinski definition) is 1. The quantitative estimate of drug-likeness (QED) is 0.514. The summed E-state index contributed by atoms with van der Waals surface area (Å²) < 4.78 is 12.3. The van der Waals surface area contributed by atoms with Gasteiger partial charge in [0.05, 0.1) is 12.0 Å². The molecule has 0 spiro atoms. The van der Waals surface area contributed by atoms with Crippen LogP contribution in [0, 0.1) is 5.82 Å². The summed E-state index contributed by atoms with van der Waals surface area (Å²) in [6.45, 7) is 0. The standard InChI is InChI=1S/C8H8FNO2.K/c9-6-3-1-5(2-4-6)7(10)8(11)12;/h1-4,7H,10H2,(H,11,12);/q;+1/p-1. The molecule has 0 fully saturated rings. The summed E-state index contributed by atoms with van der Waals surface area (Å²) in [6.07, 6.45) is 0. The predicted octanol–water partition coefficient (Wildman–Crippen LogP) is -3.42. The fourth-order valence-corrected chi connectivity index (χ4v) is 0.806. The maximum Gasteiger partial charge on any atom is 1.00 e. The Balaban J connectivity index is 0.00000144. The topological polar surface area (TPSA) is 66.2 Å². The van der Waals surface area contributed by atoms with Crippen LogP contribution in [0.5, 0.6) is 0 Å². The van der Waals surface area contributed by atoms with Gasteiger partial charge in [0.1, 0.15) is 5.82 Å². The first-order valence-electron chi connectivity index (χ1n) is 3.33. The third-order valence-corrected chi connectivity index (χ3v) is 1.48. The predicted molar refractivity (Wildman–Crippen MR) is 38.3 cm³/mol. The molecule has 0 bridgehead atoms. The second-order valence-electron chi connectivity index (χ2n) is 2.35. The van der Waals surface area contributed by atoms with E-state index >= 15 is 0 Å². The SMILES string of the molecule is NC(C(=O)[O-])c1ccc(F)cc1.[K+]. The van der Waals surface area contributed by atoms with Gasteiger partial charge in [-0.25, -0.2) is 4.39 Å². The van der Waals surface area contributed by atoms with Gasteiger partial charge in [0, 0.05) is 0 Å². The van der Waals surface area contributed by atoms with E-state index in [0.717, 1.165) is 12.1 Å². The molecule has 5 heteroatoms. The fourth-order valence-electron chi connectivity index (χ4n) is 0.806. The Kier molecular flexibility index (Phi) is 5.94. The maximum absolute atomic E-state index is 12.3. The Bertz CT molecular complexity index is 289. The first kappa shape index (κ1) is 13.2. The molecule has 0 aliphatic rings. The van der Waals surface area contributed by atoms with Gasteiger partial charge in [-0.15, -0.1) is 0 Å². The van der Waals surface area contributed by atoms with Crippen molar-refractivity contribution in [1.29, 1.82) is 0 Å². The molecule has 1 atom stereocenters. The largest absolute Gasteiger partial charge is 1.00 e. The van der Waals surface area contributed by atoms with Crippen molar-refractivity contribution in [3.63, 3.8) is 0 Å². The normalized spacial score (nSPS) is 11.5. The molecule has 0 radical (unpaired) electrons. The molecule has 0 amide bonds. The van der Waals surface area contributed by atoms with Crippen molar-refractivity contribution >= 4 is 5.97 Å². The Morgan fingerprint density at radius 2 is 1.85 bits per heavy atom. The Morgan fingerprint density at radius 1 is 1.38 bits per heavy atom. The van der Waals surface area contributed by atoms with E-state index in [4.69, 9.17) is 5.73 Å². The molecule has 2 N–H and O–H groups in total. The molecule has 0 saturated carbocycles. The van der Waals surface area contributed by atoms with Crippen molar-refractivity contribution in [3.05, 3.63) is 35.6 Å². The van der Waals surface area contributed by atoms with Gasteiger partial charge in [-0.2, -0.15) is 0 Å². The van der Waals surface area contributed by atoms with Gasteiger partial charge in [-0.3, -0.25) is 0 Å². The van der Waals surface area contributed by atoms with Crippen molar-refractivity contribution in [3.8, 4) is 0 Å². The Labute approximate surface area is 118 Å². The number of aliphatic carboxylic acids is 1. The van der Waals surface area contributed by atoms with E-state index in [1.807, 2.05) is 0 Å². The molecule has 1 rings (SSSR count). The molecule has 1 aromatic carbocycles. The van der Waals surface area contributed by atoms with Crippen LogP contribution < -0.4 is 62.2 Å². The molecule has 0 saturated heterocycles. The van der Waals surface area contributed by atoms with Crippen LogP contribution >= 0.6 is 0 Å². The second-order valence-corrected chi connectivity index (χ2v) is 2.35. The van der Waals surface area contributed by atoms with Crippen LogP contribution in [-0.4, -0.2) is 5.97 Å². The van der Waals surface area contributed by atoms with E-state index in [1.54, 1.807) is 0 Å². The Hall–Kier alpha value is 0.216. The molecule has 64 valence electrons. The summed E-state index contributed by atoms with van der Waals surface area (Å²) in [5.41, 5.74) is 5.53. The van der Waals surface area contributed by atoms with E-state index in [-0.39, 0.29) is 51.4 Å². The third kappa shape index (κ3) is 3.84. The maximum atomic E-state index is 12.3. The van der Waals surface area contributed by atoms with Crippen molar-refractivity contribution in [1.82, 2.24) is 0 Å². The summed E-state index contributed by atoms with van der Waals surface area (Å²) in [6, 6.07) is 3.74. The smallest absolute Gasteiger partial charge is 0.548 e. The number of carboxylic acid groups (broad SMARTS) is 1. The van der Waals surface area contributed by atoms with Crippen LogP contribution in [0.4, 0.5) is 4.39 Å². The van der Waals surface area contributed by atoms with E-state index in [1.165, 1.54) is 12.1 Å². The van der Waals surface area contributed by atoms with Crippen molar-refractivity contribution in [2.24, 2.45) is 5.73 Å². The Morgan fingerprint density at radius 3 is 2.23 bits per heavy atom. The van der Waals surface area contributed by atoms with E-state index in [2.05, 4.69) is 0 Å². The second kappa shape index (κ2) is 5.84. The molecule has 13 heavy (non-hydrogen) atoms. The third-order valence-electron chi connectivity index (χ3n) is 1.48. The molecular formula is C8H7FKNO2. The van der Waals surface area contributed by atoms with Crippen molar-refractivity contribution in [2.45, 2.75) is 6.04 Å². The number of benzene rings is 1. The minimum Gasteiger partial charge on any atom is -0.548 e. The summed E-state index contributed by atoms with van der Waals surface area (Å²) in [5.74, 6) is -1.80. The van der Waals surface area contributed by atoms with Gasteiger partial charge in [0.25, 0.3) is 0 Å². The van der Waals surface area contributed by atoms with E-state index in [9.17, 15) is 14.3 Å². The summed E-state index contributed by atoms with van der Waals surface area (Å²) in [7, 11) is 0. The number of carboxylic acids is 1. The van der Waals surface area contributed by atoms with Crippen LogP contribution in [-0.2, 0) is 4.79 Å². The number of hydrogen-bond acceptors (Lipinski definition) is 3. The zero-order chi connectivity index (χ0) is 9.14. The monoisotopic (exact) mass is 207 g/mol. The minimum atomic E-state index is -1.37. The van der Waals surface area contributed by atoms with Gasteiger partial charge in [-0.05, 0) is 17.7 Å². The van der Waals surface area contributed by atoms with Gasteiger partial charge in [0.15, 0.2) is 0 Å². The molecule has 0 aromatic heterocycles. The van der Waals surface area contributed by atoms with Crippen LogP contribution in [0.15, 0.2) is 24.3 Å². The molecule has 3 nitrogen and oxygen atoms in total. The number of rotatable bonds is 2. The molecule has 0 aliphatic carbocycles. The molecule has 1 unspecified atom stereocenters. The zero-order valence-corrected chi connectivity index (χ0v) is 10.3. The average molecular weight is 207 g/mol. The zero-order valence-electron chi connectivity index (χ0n) is 7.16. The van der Waals surface area contributed by atoms with E-state index in [0.29, 0.717) is 5.56 Å². The summed E-state index contributed by atoms with van der Waals surface area (Å²) in [4.78, 5) is 10.3. The average Bonchev–Trinajstić information content (AvgIpc) is 2.04. The molecule has 0 aliphatic heterocycles. The molecular weight excluding hydrogens is 200 g/mol. The van der Waals surface area contributed by atoms with Crippen LogP contribution in [0.1, 0.15) is 11.6 Å². The van der Waals surface area contributed by atoms with Crippen LogP contribution in [0.3, 0.4) is 0 Å². The van der Waals surface area contributed by atoms with Gasteiger partial charge >= 0.3 is 51.4 Å². The number of carbonyl (C=O) groups excluding carboxylic acids is 1. The summed E-state index contributed by atoms with van der Waals surface area (Å²) in [5, 5.41) is 10.3. The van der Waals surface area contributed by atoms with Crippen LogP contribution in [0.25, 0.3) is 0 Å². The van der Waals surface area contributed by atoms with Gasteiger partial charge < -0.3 is 15.6 Å². The minimum absolute atomic E-state index is 0. The van der Waals surface area contributed by atoms with Crippen molar-refractivity contribution in [2.75, 3.05) is 0 Å². The molecule has 1 aromatic rings. The number of halogens is 1. The van der Waals surface area contributed by atoms with Crippen LogP contribution in [0.2, 0.25) is 0 Å². The number of carbonyl (C=O) groups is 1. The van der Waals surface area contributed by atoms with Crippen molar-refractivity contribution < 1.29 is 65.7 Å². The fraction of sp³-hybridized carbons (Fsp3) is 0.125. The van der Waals surface area contributed by atoms with Gasteiger partial charge in [-0.1, -0.05) is 12.1 Å².